The van der Waals surface area contributed by atoms with E-state index in [1.165, 1.54) is 20.3 Å². The van der Waals surface area contributed by atoms with Crippen molar-refractivity contribution < 1.29 is 28.9 Å². The molecule has 1 N–H and O–H groups in total. The topological polar surface area (TPSA) is 82.1 Å². The van der Waals surface area contributed by atoms with Crippen LogP contribution in [-0.4, -0.2) is 31.3 Å². The molecular formula is C21H22O6. The lowest BCUT2D eigenvalue weighted by atomic mass is 10.0. The molecule has 0 atom stereocenters. The number of carbonyl (C=O) groups excluding carboxylic acids is 1. The SMILES string of the molecule is COC(=O)/C(=C\c1cc(C)c(OCc2ccccc2)c(OC)c1)CC(=O)O. The van der Waals surface area contributed by atoms with E-state index >= 15 is 0 Å². The van der Waals surface area contributed by atoms with Gasteiger partial charge in [0.25, 0.3) is 0 Å². The molecule has 0 fully saturated rings. The van der Waals surface area contributed by atoms with Crippen molar-refractivity contribution in [3.8, 4) is 11.5 Å². The summed E-state index contributed by atoms with van der Waals surface area (Å²) in [5, 5.41) is 8.99. The number of hydrogen-bond donors (Lipinski definition) is 1. The Bertz CT molecular complexity index is 839. The molecule has 2 aromatic rings. The van der Waals surface area contributed by atoms with Gasteiger partial charge < -0.3 is 19.3 Å². The third-order valence-corrected chi connectivity index (χ3v) is 3.84. The smallest absolute Gasteiger partial charge is 0.334 e. The van der Waals surface area contributed by atoms with E-state index in [0.717, 1.165) is 11.1 Å². The maximum absolute atomic E-state index is 11.8. The third kappa shape index (κ3) is 5.60. The van der Waals surface area contributed by atoms with Crippen LogP contribution in [0.1, 0.15) is 23.1 Å². The Balaban J connectivity index is 2.32. The van der Waals surface area contributed by atoms with Gasteiger partial charge in [-0.1, -0.05) is 30.3 Å². The molecule has 0 bridgehead atoms. The van der Waals surface area contributed by atoms with Gasteiger partial charge in [-0.2, -0.15) is 0 Å². The van der Waals surface area contributed by atoms with E-state index in [1.807, 2.05) is 37.3 Å². The first-order chi connectivity index (χ1) is 12.9. The molecule has 142 valence electrons. The van der Waals surface area contributed by atoms with E-state index in [9.17, 15) is 9.59 Å². The summed E-state index contributed by atoms with van der Waals surface area (Å²) < 4.78 is 16.0. The number of aryl methyl sites for hydroxylation is 1. The lowest BCUT2D eigenvalue weighted by Gasteiger charge is -2.15. The largest absolute Gasteiger partial charge is 0.493 e. The Hall–Kier alpha value is -3.28. The predicted molar refractivity (Wildman–Crippen MR) is 101 cm³/mol. The van der Waals surface area contributed by atoms with Crippen molar-refractivity contribution in [3.05, 3.63) is 64.7 Å². The molecule has 0 saturated carbocycles. The van der Waals surface area contributed by atoms with Crippen molar-refractivity contribution in [1.82, 2.24) is 0 Å². The number of carboxylic acids is 1. The van der Waals surface area contributed by atoms with Crippen LogP contribution in [0.25, 0.3) is 6.08 Å². The number of rotatable bonds is 8. The number of aliphatic carboxylic acids is 1. The highest BCUT2D eigenvalue weighted by molar-refractivity contribution is 5.98. The second kappa shape index (κ2) is 9.43. The Morgan fingerprint density at radius 2 is 1.81 bits per heavy atom. The zero-order chi connectivity index (χ0) is 19.8. The van der Waals surface area contributed by atoms with Crippen molar-refractivity contribution in [1.29, 1.82) is 0 Å². The number of carbonyl (C=O) groups is 2. The van der Waals surface area contributed by atoms with E-state index in [4.69, 9.17) is 14.6 Å². The van der Waals surface area contributed by atoms with Crippen LogP contribution >= 0.6 is 0 Å². The minimum absolute atomic E-state index is 0.0457. The van der Waals surface area contributed by atoms with Crippen molar-refractivity contribution in [3.63, 3.8) is 0 Å². The molecule has 0 amide bonds. The Labute approximate surface area is 158 Å². The van der Waals surface area contributed by atoms with Crippen molar-refractivity contribution in [2.75, 3.05) is 14.2 Å². The molecule has 27 heavy (non-hydrogen) atoms. The normalized spacial score (nSPS) is 11.0. The number of carboxylic acid groups (broad SMARTS) is 1. The van der Waals surface area contributed by atoms with Crippen molar-refractivity contribution in [2.45, 2.75) is 20.0 Å². The fourth-order valence-corrected chi connectivity index (χ4v) is 2.60. The summed E-state index contributed by atoms with van der Waals surface area (Å²) in [6.07, 6.45) is 1.05. The Kier molecular flexibility index (Phi) is 7.00. The van der Waals surface area contributed by atoms with Crippen LogP contribution in [0, 0.1) is 6.92 Å². The molecule has 0 aliphatic carbocycles. The van der Waals surface area contributed by atoms with Crippen LogP contribution in [0.2, 0.25) is 0 Å². The summed E-state index contributed by atoms with van der Waals surface area (Å²) in [6.45, 7) is 2.24. The molecule has 0 aliphatic heterocycles. The number of hydrogen-bond acceptors (Lipinski definition) is 5. The number of benzene rings is 2. The molecule has 0 aliphatic rings. The first-order valence-electron chi connectivity index (χ1n) is 8.30. The molecule has 2 rings (SSSR count). The van der Waals surface area contributed by atoms with Crippen molar-refractivity contribution >= 4 is 18.0 Å². The zero-order valence-corrected chi connectivity index (χ0v) is 15.5. The van der Waals surface area contributed by atoms with Gasteiger partial charge in [0.2, 0.25) is 0 Å². The Morgan fingerprint density at radius 3 is 2.41 bits per heavy atom. The van der Waals surface area contributed by atoms with Crippen molar-refractivity contribution in [2.24, 2.45) is 0 Å². The average molecular weight is 370 g/mol. The summed E-state index contributed by atoms with van der Waals surface area (Å²) in [4.78, 5) is 22.8. The second-order valence-corrected chi connectivity index (χ2v) is 5.88. The van der Waals surface area contributed by atoms with Gasteiger partial charge >= 0.3 is 11.9 Å². The van der Waals surface area contributed by atoms with Crippen LogP contribution in [0.15, 0.2) is 48.0 Å². The highest BCUT2D eigenvalue weighted by Gasteiger charge is 2.16. The van der Waals surface area contributed by atoms with Crippen LogP contribution < -0.4 is 9.47 Å². The molecule has 0 saturated heterocycles. The standard InChI is InChI=1S/C21H22O6/c1-14-9-16(10-17(12-19(22)23)21(24)26-3)11-18(25-2)20(14)27-13-15-7-5-4-6-8-15/h4-11H,12-13H2,1-3H3,(H,22,23)/b17-10-. The van der Waals surface area contributed by atoms with E-state index < -0.39 is 18.4 Å². The number of esters is 1. The first-order valence-corrected chi connectivity index (χ1v) is 8.30. The molecule has 0 unspecified atom stereocenters. The summed E-state index contributed by atoms with van der Waals surface area (Å²) >= 11 is 0. The number of ether oxygens (including phenoxy) is 3. The van der Waals surface area contributed by atoms with E-state index in [-0.39, 0.29) is 5.57 Å². The third-order valence-electron chi connectivity index (χ3n) is 3.84. The van der Waals surface area contributed by atoms with Gasteiger partial charge in [0.05, 0.1) is 20.6 Å². The molecule has 0 heterocycles. The summed E-state index contributed by atoms with van der Waals surface area (Å²) in [6, 6.07) is 13.2. The van der Waals surface area contributed by atoms with Gasteiger partial charge in [0.1, 0.15) is 6.61 Å². The maximum atomic E-state index is 11.8. The molecular weight excluding hydrogens is 348 g/mol. The zero-order valence-electron chi connectivity index (χ0n) is 15.5. The average Bonchev–Trinajstić information content (AvgIpc) is 2.66. The fourth-order valence-electron chi connectivity index (χ4n) is 2.60. The lowest BCUT2D eigenvalue weighted by molar-refractivity contribution is -0.141. The molecule has 0 spiro atoms. The van der Waals surface area contributed by atoms with Crippen LogP contribution in [-0.2, 0) is 20.9 Å². The molecule has 0 radical (unpaired) electrons. The minimum Gasteiger partial charge on any atom is -0.493 e. The van der Waals surface area contributed by atoms with E-state index in [0.29, 0.717) is 23.7 Å². The van der Waals surface area contributed by atoms with Gasteiger partial charge in [-0.15, -0.1) is 0 Å². The quantitative estimate of drug-likeness (QED) is 0.565. The van der Waals surface area contributed by atoms with Gasteiger partial charge in [0, 0.05) is 5.57 Å². The van der Waals surface area contributed by atoms with Gasteiger partial charge in [-0.3, -0.25) is 4.79 Å². The fraction of sp³-hybridized carbons (Fsp3) is 0.238. The molecule has 6 nitrogen and oxygen atoms in total. The minimum atomic E-state index is -1.11. The summed E-state index contributed by atoms with van der Waals surface area (Å²) in [5.74, 6) is -0.704. The van der Waals surface area contributed by atoms with Crippen LogP contribution in [0.3, 0.4) is 0 Å². The monoisotopic (exact) mass is 370 g/mol. The summed E-state index contributed by atoms with van der Waals surface area (Å²) in [5.41, 5.74) is 2.50. The molecule has 0 aromatic heterocycles. The van der Waals surface area contributed by atoms with Crippen LogP contribution in [0.4, 0.5) is 0 Å². The van der Waals surface area contributed by atoms with Gasteiger partial charge in [0.15, 0.2) is 11.5 Å². The van der Waals surface area contributed by atoms with Crippen LogP contribution in [0.5, 0.6) is 11.5 Å². The first kappa shape index (κ1) is 20.0. The molecule has 6 heteroatoms. The second-order valence-electron chi connectivity index (χ2n) is 5.88. The molecule has 2 aromatic carbocycles. The maximum Gasteiger partial charge on any atom is 0.334 e. The van der Waals surface area contributed by atoms with E-state index in [2.05, 4.69) is 4.74 Å². The van der Waals surface area contributed by atoms with Gasteiger partial charge in [-0.25, -0.2) is 4.79 Å². The Morgan fingerprint density at radius 1 is 1.11 bits per heavy atom. The number of methoxy groups -OCH3 is 2. The highest BCUT2D eigenvalue weighted by Crippen LogP contribution is 2.34. The van der Waals surface area contributed by atoms with E-state index in [1.54, 1.807) is 12.1 Å². The lowest BCUT2D eigenvalue weighted by Crippen LogP contribution is -2.09. The highest BCUT2D eigenvalue weighted by atomic mass is 16.5. The van der Waals surface area contributed by atoms with Gasteiger partial charge in [-0.05, 0) is 41.8 Å². The summed E-state index contributed by atoms with van der Waals surface area (Å²) in [7, 11) is 2.74. The predicted octanol–water partition coefficient (Wildman–Crippen LogP) is 3.61.